The molecule has 5 aromatic rings. The quantitative estimate of drug-likeness (QED) is 0.292. The average Bonchev–Trinajstić information content (AvgIpc) is 3.39. The summed E-state index contributed by atoms with van der Waals surface area (Å²) in [6.07, 6.45) is -4.47. The van der Waals surface area contributed by atoms with Crippen LogP contribution in [0.3, 0.4) is 0 Å². The van der Waals surface area contributed by atoms with E-state index in [1.165, 1.54) is 24.5 Å². The van der Waals surface area contributed by atoms with Crippen molar-refractivity contribution in [2.45, 2.75) is 6.18 Å². The van der Waals surface area contributed by atoms with Crippen LogP contribution in [-0.4, -0.2) is 11.7 Å². The molecule has 5 rings (SSSR count). The van der Waals surface area contributed by atoms with Crippen LogP contribution in [0, 0.1) is 0 Å². The predicted molar refractivity (Wildman–Crippen MR) is 116 cm³/mol. The van der Waals surface area contributed by atoms with Crippen LogP contribution in [0.4, 0.5) is 13.2 Å². The molecule has 0 fully saturated rings. The largest absolute Gasteiger partial charge is 0.495 e. The first-order chi connectivity index (χ1) is 14.5. The van der Waals surface area contributed by atoms with Crippen molar-refractivity contribution in [2.24, 2.45) is 0 Å². The van der Waals surface area contributed by atoms with Gasteiger partial charge in [-0.25, -0.2) is 0 Å². The number of thiophene rings is 1. The number of alkyl halides is 3. The molecule has 3 aromatic carbocycles. The van der Waals surface area contributed by atoms with Crippen molar-refractivity contribution in [3.63, 3.8) is 0 Å². The summed E-state index contributed by atoms with van der Waals surface area (Å²) >= 11 is 1.40. The lowest BCUT2D eigenvalue weighted by atomic mass is 10.0. The van der Waals surface area contributed by atoms with Crippen LogP contribution in [0.1, 0.15) is 5.56 Å². The second-order valence-corrected chi connectivity index (χ2v) is 7.87. The van der Waals surface area contributed by atoms with Crippen LogP contribution in [0.15, 0.2) is 78.2 Å². The van der Waals surface area contributed by atoms with E-state index in [0.717, 1.165) is 32.7 Å². The zero-order chi connectivity index (χ0) is 20.9. The zero-order valence-corrected chi connectivity index (χ0v) is 16.7. The third-order valence-electron chi connectivity index (χ3n) is 5.21. The highest BCUT2D eigenvalue weighted by Gasteiger charge is 2.33. The highest BCUT2D eigenvalue weighted by atomic mass is 32.1. The van der Waals surface area contributed by atoms with Gasteiger partial charge in [0.25, 0.3) is 0 Å². The molecule has 0 aliphatic heterocycles. The molecule has 0 aliphatic rings. The standard InChI is InChI=1S/C24H16F3NOS/c1-29-21-14-15(24(25,26)27)13-18(22-11-6-12-30-22)23(21)28-19-9-4-2-7-16(19)17-8-3-5-10-20(17)28/h2-14H,1H3. The summed E-state index contributed by atoms with van der Waals surface area (Å²) in [5.74, 6) is 0.180. The number of rotatable bonds is 3. The number of fused-ring (bicyclic) bond motifs is 3. The molecule has 0 aliphatic carbocycles. The van der Waals surface area contributed by atoms with Gasteiger partial charge in [0.05, 0.1) is 29.4 Å². The van der Waals surface area contributed by atoms with Crippen LogP contribution in [0.2, 0.25) is 0 Å². The Morgan fingerprint density at radius 3 is 2.00 bits per heavy atom. The Morgan fingerprint density at radius 1 is 0.833 bits per heavy atom. The maximum Gasteiger partial charge on any atom is 0.416 e. The van der Waals surface area contributed by atoms with Gasteiger partial charge in [-0.15, -0.1) is 11.3 Å². The van der Waals surface area contributed by atoms with E-state index in [4.69, 9.17) is 4.74 Å². The second-order valence-electron chi connectivity index (χ2n) is 6.92. The highest BCUT2D eigenvalue weighted by Crippen LogP contribution is 2.45. The van der Waals surface area contributed by atoms with Gasteiger partial charge in [0.15, 0.2) is 0 Å². The minimum atomic E-state index is -4.47. The molecule has 0 N–H and O–H groups in total. The van der Waals surface area contributed by atoms with Crippen LogP contribution < -0.4 is 4.74 Å². The number of benzene rings is 3. The minimum absolute atomic E-state index is 0.180. The van der Waals surface area contributed by atoms with Crippen LogP contribution >= 0.6 is 11.3 Å². The van der Waals surface area contributed by atoms with Gasteiger partial charge >= 0.3 is 6.18 Å². The van der Waals surface area contributed by atoms with Crippen molar-refractivity contribution in [2.75, 3.05) is 7.11 Å². The summed E-state index contributed by atoms with van der Waals surface area (Å²) in [5, 5.41) is 3.93. The van der Waals surface area contributed by atoms with Crippen LogP contribution in [-0.2, 0) is 6.18 Å². The molecule has 2 nitrogen and oxygen atoms in total. The van der Waals surface area contributed by atoms with Crippen LogP contribution in [0.5, 0.6) is 5.75 Å². The predicted octanol–water partition coefficient (Wildman–Crippen LogP) is 7.54. The van der Waals surface area contributed by atoms with E-state index in [9.17, 15) is 13.2 Å². The van der Waals surface area contributed by atoms with E-state index in [2.05, 4.69) is 0 Å². The lowest BCUT2D eigenvalue weighted by Gasteiger charge is -2.19. The lowest BCUT2D eigenvalue weighted by Crippen LogP contribution is -2.08. The number of nitrogens with zero attached hydrogens (tertiary/aromatic N) is 1. The van der Waals surface area contributed by atoms with E-state index in [1.54, 1.807) is 0 Å². The van der Waals surface area contributed by atoms with E-state index in [-0.39, 0.29) is 5.75 Å². The molecule has 2 aromatic heterocycles. The fourth-order valence-corrected chi connectivity index (χ4v) is 4.68. The SMILES string of the molecule is COc1cc(C(F)(F)F)cc(-c2cccs2)c1-n1c2ccccc2c2ccccc21. The van der Waals surface area contributed by atoms with Gasteiger partial charge < -0.3 is 9.30 Å². The molecule has 0 spiro atoms. The van der Waals surface area contributed by atoms with Crippen molar-refractivity contribution >= 4 is 33.1 Å². The van der Waals surface area contributed by atoms with Crippen LogP contribution in [0.25, 0.3) is 37.9 Å². The van der Waals surface area contributed by atoms with Gasteiger partial charge in [0.1, 0.15) is 5.75 Å². The number of hydrogen-bond acceptors (Lipinski definition) is 2. The molecule has 6 heteroatoms. The number of ether oxygens (including phenoxy) is 1. The van der Waals surface area contributed by atoms with E-state index < -0.39 is 11.7 Å². The van der Waals surface area contributed by atoms with Gasteiger partial charge in [0, 0.05) is 21.2 Å². The van der Waals surface area contributed by atoms with Crippen molar-refractivity contribution in [1.29, 1.82) is 0 Å². The Morgan fingerprint density at radius 2 is 1.47 bits per heavy atom. The van der Waals surface area contributed by atoms with Gasteiger partial charge in [-0.05, 0) is 35.7 Å². The summed E-state index contributed by atoms with van der Waals surface area (Å²) in [7, 11) is 1.41. The van der Waals surface area contributed by atoms with Crippen molar-refractivity contribution in [1.82, 2.24) is 4.57 Å². The maximum atomic E-state index is 13.6. The summed E-state index contributed by atoms with van der Waals surface area (Å²) in [6.45, 7) is 0. The average molecular weight is 423 g/mol. The molecule has 150 valence electrons. The first kappa shape index (κ1) is 18.8. The smallest absolute Gasteiger partial charge is 0.416 e. The van der Waals surface area contributed by atoms with E-state index >= 15 is 0 Å². The molecule has 0 unspecified atom stereocenters. The lowest BCUT2D eigenvalue weighted by molar-refractivity contribution is -0.137. The van der Waals surface area contributed by atoms with Crippen molar-refractivity contribution < 1.29 is 17.9 Å². The summed E-state index contributed by atoms with van der Waals surface area (Å²) in [5.41, 5.74) is 2.19. The van der Waals surface area contributed by atoms with Gasteiger partial charge in [0.2, 0.25) is 0 Å². The first-order valence-electron chi connectivity index (χ1n) is 9.30. The second kappa shape index (κ2) is 6.92. The molecule has 0 bridgehead atoms. The van der Waals surface area contributed by atoms with Crippen molar-refractivity contribution in [3.05, 3.63) is 83.7 Å². The summed E-state index contributed by atoms with van der Waals surface area (Å²) < 4.78 is 48.5. The Bertz CT molecular complexity index is 1310. The molecular weight excluding hydrogens is 407 g/mol. The van der Waals surface area contributed by atoms with E-state index in [0.29, 0.717) is 11.3 Å². The molecule has 2 heterocycles. The summed E-state index contributed by atoms with van der Waals surface area (Å²) in [4.78, 5) is 0.747. The number of hydrogen-bond donors (Lipinski definition) is 0. The Labute approximate surface area is 174 Å². The van der Waals surface area contributed by atoms with Gasteiger partial charge in [-0.1, -0.05) is 42.5 Å². The van der Waals surface area contributed by atoms with Gasteiger partial charge in [-0.3, -0.25) is 0 Å². The molecule has 0 radical (unpaired) electrons. The molecular formula is C24H16F3NOS. The normalized spacial score (nSPS) is 12.0. The molecule has 0 atom stereocenters. The number of para-hydroxylation sites is 2. The summed E-state index contributed by atoms with van der Waals surface area (Å²) in [6, 6.07) is 21.7. The number of halogens is 3. The minimum Gasteiger partial charge on any atom is -0.495 e. The molecule has 30 heavy (non-hydrogen) atoms. The maximum absolute atomic E-state index is 13.6. The fraction of sp³-hybridized carbons (Fsp3) is 0.0833. The number of methoxy groups -OCH3 is 1. The molecule has 0 saturated carbocycles. The topological polar surface area (TPSA) is 14.2 Å². The fourth-order valence-electron chi connectivity index (χ4n) is 3.94. The monoisotopic (exact) mass is 423 g/mol. The van der Waals surface area contributed by atoms with Gasteiger partial charge in [-0.2, -0.15) is 13.2 Å². The van der Waals surface area contributed by atoms with Crippen molar-refractivity contribution in [3.8, 4) is 21.9 Å². The number of aromatic nitrogens is 1. The first-order valence-corrected chi connectivity index (χ1v) is 10.2. The Hall–Kier alpha value is -3.25. The Balaban J connectivity index is 1.97. The Kier molecular flexibility index (Phi) is 4.33. The molecule has 0 saturated heterocycles. The third kappa shape index (κ3) is 2.87. The molecule has 0 amide bonds. The van der Waals surface area contributed by atoms with E-state index in [1.807, 2.05) is 70.6 Å². The highest BCUT2D eigenvalue weighted by molar-refractivity contribution is 7.13. The third-order valence-corrected chi connectivity index (χ3v) is 6.12. The zero-order valence-electron chi connectivity index (χ0n) is 15.9.